The minimum absolute atomic E-state index is 0.135. The fourth-order valence-electron chi connectivity index (χ4n) is 2.25. The Hall–Kier alpha value is -2.00. The number of nitrogens with zero attached hydrogens (tertiary/aromatic N) is 5. The van der Waals surface area contributed by atoms with Crippen molar-refractivity contribution in [1.29, 1.82) is 0 Å². The highest BCUT2D eigenvalue weighted by molar-refractivity contribution is 6.74. The van der Waals surface area contributed by atoms with E-state index < -0.39 is 20.0 Å². The molecule has 0 aromatic carbocycles. The van der Waals surface area contributed by atoms with Gasteiger partial charge in [0.1, 0.15) is 11.3 Å². The zero-order chi connectivity index (χ0) is 19.9. The van der Waals surface area contributed by atoms with E-state index in [1.165, 1.54) is 9.47 Å². The van der Waals surface area contributed by atoms with Crippen LogP contribution < -0.4 is 5.69 Å². The number of hydrogen-bond donors (Lipinski definition) is 0. The number of amides is 1. The van der Waals surface area contributed by atoms with Crippen molar-refractivity contribution >= 4 is 25.5 Å². The highest BCUT2D eigenvalue weighted by Crippen LogP contribution is 2.36. The van der Waals surface area contributed by atoms with Gasteiger partial charge in [0, 0.05) is 34.2 Å². The quantitative estimate of drug-likeness (QED) is 0.761. The van der Waals surface area contributed by atoms with Gasteiger partial charge < -0.3 is 9.33 Å². The van der Waals surface area contributed by atoms with Gasteiger partial charge in [0.2, 0.25) is 0 Å². The lowest BCUT2D eigenvalue weighted by molar-refractivity contribution is 0.219. The molecule has 0 aliphatic heterocycles. The second-order valence-corrected chi connectivity index (χ2v) is 13.0. The number of carbonyl (C=O) groups is 1. The van der Waals surface area contributed by atoms with Crippen molar-refractivity contribution in [3.63, 3.8) is 0 Å². The van der Waals surface area contributed by atoms with Crippen LogP contribution in [0.2, 0.25) is 18.1 Å². The van der Waals surface area contributed by atoms with Crippen LogP contribution in [0.5, 0.6) is 0 Å². The SMILES string of the molecule is CN(C)C(=O)n1c(=O)n(C)c2cnc(CCO[Si](C)(C)C(C)(C)C)nc21. The van der Waals surface area contributed by atoms with Gasteiger partial charge >= 0.3 is 11.7 Å². The van der Waals surface area contributed by atoms with Gasteiger partial charge in [-0.1, -0.05) is 20.8 Å². The second-order valence-electron chi connectivity index (χ2n) is 8.21. The van der Waals surface area contributed by atoms with E-state index in [4.69, 9.17) is 4.43 Å². The third-order valence-electron chi connectivity index (χ3n) is 5.02. The van der Waals surface area contributed by atoms with Gasteiger partial charge in [-0.3, -0.25) is 4.57 Å². The standard InChI is InChI=1S/C17H29N5O3Si/c1-17(2,3)26(7,8)25-10-9-13-18-11-12-14(19-13)22(15(23)20(4)5)16(24)21(12)6/h11H,9-10H2,1-8H3. The van der Waals surface area contributed by atoms with E-state index >= 15 is 0 Å². The van der Waals surface area contributed by atoms with E-state index in [-0.39, 0.29) is 5.04 Å². The summed E-state index contributed by atoms with van der Waals surface area (Å²) in [5, 5.41) is 0.135. The molecular formula is C17H29N5O3Si. The first-order valence-corrected chi connectivity index (χ1v) is 11.6. The van der Waals surface area contributed by atoms with Crippen molar-refractivity contribution in [2.45, 2.75) is 45.3 Å². The molecule has 0 atom stereocenters. The molecule has 0 spiro atoms. The molecule has 0 fully saturated rings. The predicted octanol–water partition coefficient (Wildman–Crippen LogP) is 2.22. The maximum absolute atomic E-state index is 12.4. The third kappa shape index (κ3) is 3.73. The molecule has 2 rings (SSSR count). The Kier molecular flexibility index (Phi) is 5.43. The van der Waals surface area contributed by atoms with E-state index in [1.54, 1.807) is 27.3 Å². The summed E-state index contributed by atoms with van der Waals surface area (Å²) in [5.41, 5.74) is 0.426. The van der Waals surface area contributed by atoms with E-state index in [0.29, 0.717) is 30.0 Å². The Labute approximate surface area is 154 Å². The Morgan fingerprint density at radius 2 is 1.92 bits per heavy atom. The first-order chi connectivity index (χ1) is 11.9. The fourth-order valence-corrected chi connectivity index (χ4v) is 3.30. The Morgan fingerprint density at radius 3 is 2.46 bits per heavy atom. The van der Waals surface area contributed by atoms with Gasteiger partial charge in [-0.25, -0.2) is 19.6 Å². The van der Waals surface area contributed by atoms with Gasteiger partial charge in [0.05, 0.1) is 6.20 Å². The topological polar surface area (TPSA) is 82.2 Å². The van der Waals surface area contributed by atoms with Crippen LogP contribution in [0.15, 0.2) is 11.0 Å². The molecule has 0 aliphatic rings. The van der Waals surface area contributed by atoms with E-state index in [2.05, 4.69) is 43.8 Å². The largest absolute Gasteiger partial charge is 0.416 e. The molecule has 9 heteroatoms. The molecule has 0 N–H and O–H groups in total. The molecule has 0 saturated heterocycles. The molecule has 8 nitrogen and oxygen atoms in total. The van der Waals surface area contributed by atoms with Gasteiger partial charge in [-0.2, -0.15) is 4.57 Å². The Bertz CT molecular complexity index is 877. The molecule has 0 aliphatic carbocycles. The van der Waals surface area contributed by atoms with Gasteiger partial charge in [-0.05, 0) is 18.1 Å². The van der Waals surface area contributed by atoms with Crippen LogP contribution in [0.1, 0.15) is 26.6 Å². The molecule has 2 aromatic rings. The van der Waals surface area contributed by atoms with E-state index in [1.807, 2.05) is 0 Å². The fraction of sp³-hybridized carbons (Fsp3) is 0.647. The molecular weight excluding hydrogens is 350 g/mol. The Balaban J connectivity index is 2.30. The smallest absolute Gasteiger partial charge is 0.338 e. The van der Waals surface area contributed by atoms with Crippen molar-refractivity contribution in [2.24, 2.45) is 7.05 Å². The van der Waals surface area contributed by atoms with Crippen molar-refractivity contribution in [3.05, 3.63) is 22.5 Å². The molecule has 0 unspecified atom stereocenters. The number of hydrogen-bond acceptors (Lipinski definition) is 5. The maximum Gasteiger partial charge on any atom is 0.338 e. The molecule has 0 bridgehead atoms. The monoisotopic (exact) mass is 379 g/mol. The average Bonchev–Trinajstić information content (AvgIpc) is 2.76. The number of carbonyl (C=O) groups excluding carboxylic acids is 1. The first kappa shape index (κ1) is 20.3. The molecule has 2 heterocycles. The van der Waals surface area contributed by atoms with Crippen LogP contribution in [-0.2, 0) is 17.9 Å². The zero-order valence-corrected chi connectivity index (χ0v) is 18.0. The summed E-state index contributed by atoms with van der Waals surface area (Å²) >= 11 is 0. The summed E-state index contributed by atoms with van der Waals surface area (Å²) in [7, 11) is 2.97. The highest BCUT2D eigenvalue weighted by Gasteiger charge is 2.36. The summed E-state index contributed by atoms with van der Waals surface area (Å²) in [5.74, 6) is 0.558. The van der Waals surface area contributed by atoms with Crippen molar-refractivity contribution in [2.75, 3.05) is 20.7 Å². The predicted molar refractivity (Wildman–Crippen MR) is 104 cm³/mol. The van der Waals surface area contributed by atoms with Gasteiger partial charge in [-0.15, -0.1) is 0 Å². The molecule has 0 saturated carbocycles. The molecule has 0 radical (unpaired) electrons. The number of rotatable bonds is 4. The van der Waals surface area contributed by atoms with Crippen LogP contribution in [0.25, 0.3) is 11.2 Å². The zero-order valence-electron chi connectivity index (χ0n) is 17.0. The van der Waals surface area contributed by atoms with Crippen molar-refractivity contribution < 1.29 is 9.22 Å². The van der Waals surface area contributed by atoms with Gasteiger partial charge in [0.25, 0.3) is 0 Å². The first-order valence-electron chi connectivity index (χ1n) is 8.66. The lowest BCUT2D eigenvalue weighted by Gasteiger charge is -2.36. The summed E-state index contributed by atoms with van der Waals surface area (Å²) in [6, 6.07) is -0.428. The van der Waals surface area contributed by atoms with E-state index in [9.17, 15) is 9.59 Å². The summed E-state index contributed by atoms with van der Waals surface area (Å²) in [6.07, 6.45) is 2.12. The molecule has 26 heavy (non-hydrogen) atoms. The lowest BCUT2D eigenvalue weighted by Crippen LogP contribution is -2.41. The Morgan fingerprint density at radius 1 is 1.31 bits per heavy atom. The van der Waals surface area contributed by atoms with Crippen molar-refractivity contribution in [3.8, 4) is 0 Å². The number of aryl methyl sites for hydroxylation is 1. The minimum atomic E-state index is -1.84. The van der Waals surface area contributed by atoms with Crippen LogP contribution in [0.4, 0.5) is 4.79 Å². The van der Waals surface area contributed by atoms with Crippen LogP contribution in [0.3, 0.4) is 0 Å². The normalized spacial score (nSPS) is 12.6. The molecule has 144 valence electrons. The van der Waals surface area contributed by atoms with Crippen LogP contribution in [0, 0.1) is 0 Å². The number of imidazole rings is 1. The van der Waals surface area contributed by atoms with E-state index in [0.717, 1.165) is 4.57 Å². The molecule has 2 aromatic heterocycles. The summed E-state index contributed by atoms with van der Waals surface area (Å²) in [6.45, 7) is 11.5. The van der Waals surface area contributed by atoms with Crippen LogP contribution in [-0.4, -0.2) is 59.1 Å². The maximum atomic E-state index is 12.4. The van der Waals surface area contributed by atoms with Crippen molar-refractivity contribution in [1.82, 2.24) is 24.0 Å². The minimum Gasteiger partial charge on any atom is -0.416 e. The average molecular weight is 380 g/mol. The highest BCUT2D eigenvalue weighted by atomic mass is 28.4. The third-order valence-corrected chi connectivity index (χ3v) is 9.56. The van der Waals surface area contributed by atoms with Gasteiger partial charge in [0.15, 0.2) is 14.0 Å². The second kappa shape index (κ2) is 6.96. The molecule has 1 amide bonds. The summed E-state index contributed by atoms with van der Waals surface area (Å²) < 4.78 is 8.62. The number of aromatic nitrogens is 4. The van der Waals surface area contributed by atoms with Crippen LogP contribution >= 0.6 is 0 Å². The summed E-state index contributed by atoms with van der Waals surface area (Å²) in [4.78, 5) is 34.9. The number of fused-ring (bicyclic) bond motifs is 1. The lowest BCUT2D eigenvalue weighted by atomic mass is 10.2.